The fourth-order valence-electron chi connectivity index (χ4n) is 3.26. The molecule has 3 unspecified atom stereocenters. The molecule has 1 heterocycles. The van der Waals surface area contributed by atoms with Crippen molar-refractivity contribution in [1.29, 1.82) is 0 Å². The first kappa shape index (κ1) is 15.3. The van der Waals surface area contributed by atoms with Gasteiger partial charge >= 0.3 is 0 Å². The topological polar surface area (TPSA) is 42.4 Å². The number of ether oxygens (including phenoxy) is 1. The van der Waals surface area contributed by atoms with E-state index in [-0.39, 0.29) is 12.7 Å². The molecule has 1 aromatic heterocycles. The molecular weight excluding hydrogens is 250 g/mol. The first-order chi connectivity index (χ1) is 9.49. The molecule has 0 radical (unpaired) electrons. The second kappa shape index (κ2) is 6.57. The Bertz CT molecular complexity index is 445. The van der Waals surface area contributed by atoms with E-state index in [4.69, 9.17) is 4.74 Å². The summed E-state index contributed by atoms with van der Waals surface area (Å²) < 4.78 is 6.20. The van der Waals surface area contributed by atoms with E-state index in [2.05, 4.69) is 25.8 Å². The van der Waals surface area contributed by atoms with Crippen LogP contribution in [-0.2, 0) is 6.61 Å². The lowest BCUT2D eigenvalue weighted by Gasteiger charge is -2.37. The molecule has 112 valence electrons. The molecule has 1 saturated carbocycles. The number of rotatable bonds is 4. The van der Waals surface area contributed by atoms with Crippen molar-refractivity contribution < 1.29 is 9.84 Å². The summed E-state index contributed by atoms with van der Waals surface area (Å²) in [5.74, 6) is 2.62. The third-order valence-corrected chi connectivity index (χ3v) is 4.41. The Morgan fingerprint density at radius 2 is 2.10 bits per heavy atom. The highest BCUT2D eigenvalue weighted by molar-refractivity contribution is 5.24. The minimum atomic E-state index is 0.0361. The number of hydrogen-bond acceptors (Lipinski definition) is 3. The van der Waals surface area contributed by atoms with Crippen molar-refractivity contribution in [3.8, 4) is 5.88 Å². The van der Waals surface area contributed by atoms with E-state index in [1.54, 1.807) is 0 Å². The Morgan fingerprint density at radius 3 is 2.75 bits per heavy atom. The van der Waals surface area contributed by atoms with Gasteiger partial charge in [-0.1, -0.05) is 27.2 Å². The lowest BCUT2D eigenvalue weighted by atomic mass is 9.75. The zero-order valence-corrected chi connectivity index (χ0v) is 13.1. The molecule has 0 aliphatic heterocycles. The van der Waals surface area contributed by atoms with Gasteiger partial charge in [0.1, 0.15) is 6.10 Å². The van der Waals surface area contributed by atoms with Crippen molar-refractivity contribution in [2.45, 2.75) is 59.7 Å². The fraction of sp³-hybridized carbons (Fsp3) is 0.706. The summed E-state index contributed by atoms with van der Waals surface area (Å²) in [5.41, 5.74) is 1.77. The molecule has 3 atom stereocenters. The van der Waals surface area contributed by atoms with Gasteiger partial charge in [-0.2, -0.15) is 0 Å². The minimum Gasteiger partial charge on any atom is -0.474 e. The number of pyridine rings is 1. The predicted octanol–water partition coefficient (Wildman–Crippen LogP) is 3.72. The predicted molar refractivity (Wildman–Crippen MR) is 80.7 cm³/mol. The average Bonchev–Trinajstić information content (AvgIpc) is 2.37. The fourth-order valence-corrected chi connectivity index (χ4v) is 3.26. The Kier molecular flexibility index (Phi) is 5.03. The Balaban J connectivity index is 2.15. The maximum absolute atomic E-state index is 9.29. The van der Waals surface area contributed by atoms with Gasteiger partial charge in [0, 0.05) is 11.8 Å². The van der Waals surface area contributed by atoms with Gasteiger partial charge in [-0.05, 0) is 49.1 Å². The summed E-state index contributed by atoms with van der Waals surface area (Å²) in [4.78, 5) is 4.46. The second-order valence-corrected chi connectivity index (χ2v) is 6.60. The van der Waals surface area contributed by atoms with E-state index in [0.29, 0.717) is 17.7 Å². The van der Waals surface area contributed by atoms with Crippen LogP contribution in [-0.4, -0.2) is 16.2 Å². The summed E-state index contributed by atoms with van der Waals surface area (Å²) in [6.07, 6.45) is 3.89. The largest absolute Gasteiger partial charge is 0.474 e. The lowest BCUT2D eigenvalue weighted by molar-refractivity contribution is 0.0424. The van der Waals surface area contributed by atoms with Crippen LogP contribution in [0.4, 0.5) is 0 Å². The monoisotopic (exact) mass is 277 g/mol. The van der Waals surface area contributed by atoms with Crippen LogP contribution in [0.3, 0.4) is 0 Å². The third-order valence-electron chi connectivity index (χ3n) is 4.41. The highest BCUT2D eigenvalue weighted by Crippen LogP contribution is 2.35. The molecule has 1 fully saturated rings. The first-order valence-corrected chi connectivity index (χ1v) is 7.74. The van der Waals surface area contributed by atoms with Gasteiger partial charge in [-0.15, -0.1) is 0 Å². The van der Waals surface area contributed by atoms with E-state index in [1.165, 1.54) is 12.8 Å². The van der Waals surface area contributed by atoms with Crippen LogP contribution < -0.4 is 4.74 Å². The van der Waals surface area contributed by atoms with Crippen molar-refractivity contribution in [2.24, 2.45) is 17.8 Å². The highest BCUT2D eigenvalue weighted by atomic mass is 16.5. The normalized spacial score (nSPS) is 26.8. The SMILES string of the molecule is Cc1cc(CO)cc(OC2CC(C)CCC2C(C)C)n1. The van der Waals surface area contributed by atoms with Crippen molar-refractivity contribution in [2.75, 3.05) is 0 Å². The molecule has 2 rings (SSSR count). The van der Waals surface area contributed by atoms with Crippen LogP contribution in [0.1, 0.15) is 51.3 Å². The maximum Gasteiger partial charge on any atom is 0.214 e. The van der Waals surface area contributed by atoms with E-state index in [9.17, 15) is 5.11 Å². The first-order valence-electron chi connectivity index (χ1n) is 7.74. The van der Waals surface area contributed by atoms with Crippen molar-refractivity contribution >= 4 is 0 Å². The number of aryl methyl sites for hydroxylation is 1. The molecular formula is C17H27NO2. The van der Waals surface area contributed by atoms with Gasteiger partial charge in [-0.25, -0.2) is 4.98 Å². The number of nitrogens with zero attached hydrogens (tertiary/aromatic N) is 1. The molecule has 1 aromatic rings. The number of aliphatic hydroxyl groups is 1. The maximum atomic E-state index is 9.29. The van der Waals surface area contributed by atoms with E-state index in [1.807, 2.05) is 19.1 Å². The van der Waals surface area contributed by atoms with Crippen molar-refractivity contribution in [3.63, 3.8) is 0 Å². The Labute approximate surface area is 122 Å². The standard InChI is InChI=1S/C17H27NO2/c1-11(2)15-6-5-12(3)7-16(15)20-17-9-14(10-19)8-13(4)18-17/h8-9,11-12,15-16,19H,5-7,10H2,1-4H3. The molecule has 0 aromatic carbocycles. The van der Waals surface area contributed by atoms with Crippen LogP contribution in [0.5, 0.6) is 5.88 Å². The molecule has 1 aliphatic rings. The van der Waals surface area contributed by atoms with Crippen LogP contribution in [0.15, 0.2) is 12.1 Å². The summed E-state index contributed by atoms with van der Waals surface area (Å²) in [7, 11) is 0. The van der Waals surface area contributed by atoms with Gasteiger partial charge in [0.15, 0.2) is 0 Å². The summed E-state index contributed by atoms with van der Waals surface area (Å²) in [6.45, 7) is 8.83. The second-order valence-electron chi connectivity index (χ2n) is 6.60. The van der Waals surface area contributed by atoms with Gasteiger partial charge in [0.25, 0.3) is 0 Å². The average molecular weight is 277 g/mol. The number of aliphatic hydroxyl groups excluding tert-OH is 1. The smallest absolute Gasteiger partial charge is 0.214 e. The zero-order valence-electron chi connectivity index (χ0n) is 13.1. The van der Waals surface area contributed by atoms with Gasteiger partial charge < -0.3 is 9.84 Å². The van der Waals surface area contributed by atoms with Crippen LogP contribution in [0, 0.1) is 24.7 Å². The van der Waals surface area contributed by atoms with E-state index >= 15 is 0 Å². The molecule has 1 N–H and O–H groups in total. The molecule has 1 aliphatic carbocycles. The van der Waals surface area contributed by atoms with Crippen LogP contribution in [0.2, 0.25) is 0 Å². The quantitative estimate of drug-likeness (QED) is 0.912. The van der Waals surface area contributed by atoms with E-state index < -0.39 is 0 Å². The van der Waals surface area contributed by atoms with Crippen LogP contribution in [0.25, 0.3) is 0 Å². The number of hydrogen-bond donors (Lipinski definition) is 1. The molecule has 0 spiro atoms. The number of aromatic nitrogens is 1. The highest BCUT2D eigenvalue weighted by Gasteiger charge is 2.32. The van der Waals surface area contributed by atoms with Crippen molar-refractivity contribution in [3.05, 3.63) is 23.4 Å². The minimum absolute atomic E-state index is 0.0361. The molecule has 0 bridgehead atoms. The zero-order chi connectivity index (χ0) is 14.7. The molecule has 0 amide bonds. The molecule has 3 nitrogen and oxygen atoms in total. The van der Waals surface area contributed by atoms with Crippen LogP contribution >= 0.6 is 0 Å². The summed E-state index contributed by atoms with van der Waals surface area (Å²) in [6, 6.07) is 3.76. The van der Waals surface area contributed by atoms with Gasteiger partial charge in [0.2, 0.25) is 5.88 Å². The third kappa shape index (κ3) is 3.72. The van der Waals surface area contributed by atoms with E-state index in [0.717, 1.165) is 23.6 Å². The lowest BCUT2D eigenvalue weighted by Crippen LogP contribution is -2.36. The van der Waals surface area contributed by atoms with Gasteiger partial charge in [-0.3, -0.25) is 0 Å². The molecule has 0 saturated heterocycles. The summed E-state index contributed by atoms with van der Waals surface area (Å²) >= 11 is 0. The Hall–Kier alpha value is -1.09. The molecule has 3 heteroatoms. The molecule has 20 heavy (non-hydrogen) atoms. The van der Waals surface area contributed by atoms with Gasteiger partial charge in [0.05, 0.1) is 6.61 Å². The summed E-state index contributed by atoms with van der Waals surface area (Å²) in [5, 5.41) is 9.29. The van der Waals surface area contributed by atoms with Crippen molar-refractivity contribution in [1.82, 2.24) is 4.98 Å². The Morgan fingerprint density at radius 1 is 1.35 bits per heavy atom.